The Morgan fingerprint density at radius 3 is 2.39 bits per heavy atom. The maximum atomic E-state index is 14.5. The molecule has 5 nitrogen and oxygen atoms in total. The lowest BCUT2D eigenvalue weighted by molar-refractivity contribution is -0.133. The van der Waals surface area contributed by atoms with Crippen LogP contribution in [-0.4, -0.2) is 71.5 Å². The first-order valence-electron chi connectivity index (χ1n) is 13.5. The number of halogens is 3. The molecular weight excluding hydrogens is 522 g/mol. The minimum absolute atomic E-state index is 0. The van der Waals surface area contributed by atoms with Gasteiger partial charge in [-0.05, 0) is 95.5 Å². The average Bonchev–Trinajstić information content (AvgIpc) is 3.15. The fourth-order valence-corrected chi connectivity index (χ4v) is 6.56. The van der Waals surface area contributed by atoms with E-state index in [2.05, 4.69) is 52.6 Å². The molecule has 1 aromatic heterocycles. The lowest BCUT2D eigenvalue weighted by Gasteiger charge is -2.35. The smallest absolute Gasteiger partial charge is 0.242 e. The number of hydrogen-bond donors (Lipinski definition) is 0. The minimum atomic E-state index is -0.195. The zero-order valence-electron chi connectivity index (χ0n) is 22.6. The predicted octanol–water partition coefficient (Wildman–Crippen LogP) is 6.10. The summed E-state index contributed by atoms with van der Waals surface area (Å²) in [6.07, 6.45) is 3.84. The Balaban J connectivity index is 0.00000336. The number of aromatic nitrogens is 1. The summed E-state index contributed by atoms with van der Waals surface area (Å²) in [6.45, 7) is 7.21. The molecule has 2 aliphatic rings. The number of amides is 1. The van der Waals surface area contributed by atoms with Gasteiger partial charge >= 0.3 is 0 Å². The summed E-state index contributed by atoms with van der Waals surface area (Å²) in [5.74, 6) is 0.132. The monoisotopic (exact) mass is 560 g/mol. The number of likely N-dealkylation sites (tertiary alicyclic amines) is 2. The van der Waals surface area contributed by atoms with Gasteiger partial charge in [0, 0.05) is 46.8 Å². The highest BCUT2D eigenvalue weighted by Crippen LogP contribution is 2.36. The van der Waals surface area contributed by atoms with Crippen molar-refractivity contribution in [1.29, 1.82) is 0 Å². The zero-order valence-corrected chi connectivity index (χ0v) is 24.2. The van der Waals surface area contributed by atoms with E-state index in [9.17, 15) is 9.18 Å². The molecule has 3 heterocycles. The topological polar surface area (TPSA) is 31.7 Å². The number of likely N-dealkylation sites (N-methyl/N-ethyl adjacent to an activating group) is 1. The standard InChI is InChI=1S/C30H38ClFN4O.ClH/c1-21-25(19-35-17-11-22(12-18-35)30-26(31)8-6-9-27(30)32)24-7-4-5-10-28(24)36(21)20-29(37)34(3)23-13-15-33(2)16-14-23;/h4-10,22-23H,11-20H2,1-3H3;1H. The van der Waals surface area contributed by atoms with Crippen LogP contribution in [0, 0.1) is 12.7 Å². The highest BCUT2D eigenvalue weighted by Gasteiger charge is 2.28. The van der Waals surface area contributed by atoms with Crippen molar-refractivity contribution in [3.05, 3.63) is 70.1 Å². The number of fused-ring (bicyclic) bond motifs is 1. The van der Waals surface area contributed by atoms with E-state index in [0.29, 0.717) is 23.2 Å². The normalized spacial score (nSPS) is 18.0. The molecule has 2 saturated heterocycles. The third kappa shape index (κ3) is 5.89. The molecule has 0 radical (unpaired) electrons. The quantitative estimate of drug-likeness (QED) is 0.365. The molecule has 1 amide bonds. The molecule has 0 aliphatic carbocycles. The Bertz CT molecular complexity index is 1240. The molecule has 0 saturated carbocycles. The van der Waals surface area contributed by atoms with Gasteiger partial charge in [0.2, 0.25) is 5.91 Å². The Hall–Kier alpha value is -2.12. The van der Waals surface area contributed by atoms with Gasteiger partial charge in [-0.25, -0.2) is 4.39 Å². The molecule has 3 aromatic rings. The van der Waals surface area contributed by atoms with E-state index in [1.165, 1.54) is 17.0 Å². The summed E-state index contributed by atoms with van der Waals surface area (Å²) >= 11 is 6.35. The van der Waals surface area contributed by atoms with Crippen LogP contribution in [0.25, 0.3) is 10.9 Å². The van der Waals surface area contributed by atoms with E-state index >= 15 is 0 Å². The number of carbonyl (C=O) groups excluding carboxylic acids is 1. The first-order valence-corrected chi connectivity index (χ1v) is 13.9. The molecule has 2 aromatic carbocycles. The minimum Gasteiger partial charge on any atom is -0.341 e. The van der Waals surface area contributed by atoms with Crippen LogP contribution in [0.1, 0.15) is 48.4 Å². The van der Waals surface area contributed by atoms with Crippen LogP contribution < -0.4 is 0 Å². The highest BCUT2D eigenvalue weighted by molar-refractivity contribution is 6.31. The van der Waals surface area contributed by atoms with Gasteiger partial charge in [-0.1, -0.05) is 35.9 Å². The van der Waals surface area contributed by atoms with Crippen molar-refractivity contribution in [3.8, 4) is 0 Å². The molecular formula is C30H39Cl2FN4O. The molecule has 0 bridgehead atoms. The van der Waals surface area contributed by atoms with Crippen molar-refractivity contribution >= 4 is 40.8 Å². The van der Waals surface area contributed by atoms with Gasteiger partial charge < -0.3 is 14.4 Å². The summed E-state index contributed by atoms with van der Waals surface area (Å²) in [5, 5.41) is 1.75. The molecule has 2 fully saturated rings. The second kappa shape index (κ2) is 12.4. The van der Waals surface area contributed by atoms with Crippen molar-refractivity contribution in [2.45, 2.75) is 57.7 Å². The summed E-state index contributed by atoms with van der Waals surface area (Å²) in [7, 11) is 4.11. The molecule has 0 unspecified atom stereocenters. The number of benzene rings is 2. The van der Waals surface area contributed by atoms with Crippen LogP contribution in [0.4, 0.5) is 4.39 Å². The van der Waals surface area contributed by atoms with Crippen molar-refractivity contribution in [1.82, 2.24) is 19.3 Å². The number of piperidine rings is 2. The Kier molecular flexibility index (Phi) is 9.40. The zero-order chi connectivity index (χ0) is 26.1. The fraction of sp³-hybridized carbons (Fsp3) is 0.500. The van der Waals surface area contributed by atoms with Gasteiger partial charge in [-0.15, -0.1) is 12.4 Å². The van der Waals surface area contributed by atoms with Crippen molar-refractivity contribution in [2.24, 2.45) is 0 Å². The average molecular weight is 562 g/mol. The Morgan fingerprint density at radius 1 is 1.03 bits per heavy atom. The van der Waals surface area contributed by atoms with Crippen LogP contribution in [0.15, 0.2) is 42.5 Å². The van der Waals surface area contributed by atoms with E-state index in [1.54, 1.807) is 12.1 Å². The van der Waals surface area contributed by atoms with E-state index in [0.717, 1.165) is 69.6 Å². The maximum absolute atomic E-state index is 14.5. The van der Waals surface area contributed by atoms with Crippen molar-refractivity contribution in [2.75, 3.05) is 40.3 Å². The SMILES string of the molecule is Cc1c(CN2CCC(c3c(F)cccc3Cl)CC2)c2ccccc2n1CC(=O)N(C)C1CCN(C)CC1.Cl. The van der Waals surface area contributed by atoms with E-state index in [-0.39, 0.29) is 30.0 Å². The third-order valence-electron chi connectivity index (χ3n) is 8.66. The third-order valence-corrected chi connectivity index (χ3v) is 8.99. The lowest BCUT2D eigenvalue weighted by atomic mass is 9.89. The van der Waals surface area contributed by atoms with Crippen LogP contribution in [0.5, 0.6) is 0 Å². The molecule has 206 valence electrons. The van der Waals surface area contributed by atoms with E-state index in [1.807, 2.05) is 11.9 Å². The molecule has 0 atom stereocenters. The van der Waals surface area contributed by atoms with Gasteiger partial charge in [0.25, 0.3) is 0 Å². The molecule has 38 heavy (non-hydrogen) atoms. The van der Waals surface area contributed by atoms with Gasteiger partial charge in [-0.3, -0.25) is 9.69 Å². The number of para-hydroxylation sites is 1. The van der Waals surface area contributed by atoms with Crippen molar-refractivity contribution in [3.63, 3.8) is 0 Å². The van der Waals surface area contributed by atoms with E-state index in [4.69, 9.17) is 11.6 Å². The Morgan fingerprint density at radius 2 is 1.71 bits per heavy atom. The largest absolute Gasteiger partial charge is 0.341 e. The number of carbonyl (C=O) groups is 1. The Labute approximate surface area is 236 Å². The highest BCUT2D eigenvalue weighted by atomic mass is 35.5. The maximum Gasteiger partial charge on any atom is 0.242 e. The molecule has 8 heteroatoms. The molecule has 0 N–H and O–H groups in total. The molecule has 5 rings (SSSR count). The van der Waals surface area contributed by atoms with Crippen LogP contribution >= 0.6 is 24.0 Å². The molecule has 0 spiro atoms. The first kappa shape index (κ1) is 28.9. The predicted molar refractivity (Wildman–Crippen MR) is 156 cm³/mol. The first-order chi connectivity index (χ1) is 17.8. The fourth-order valence-electron chi connectivity index (χ4n) is 6.24. The van der Waals surface area contributed by atoms with Gasteiger partial charge in [0.15, 0.2) is 0 Å². The number of rotatable bonds is 6. The second-order valence-corrected chi connectivity index (χ2v) is 11.3. The molecule has 2 aliphatic heterocycles. The van der Waals surface area contributed by atoms with E-state index < -0.39 is 0 Å². The van der Waals surface area contributed by atoms with Gasteiger partial charge in [0.05, 0.1) is 0 Å². The van der Waals surface area contributed by atoms with Crippen LogP contribution in [-0.2, 0) is 17.9 Å². The van der Waals surface area contributed by atoms with Crippen LogP contribution in [0.2, 0.25) is 5.02 Å². The van der Waals surface area contributed by atoms with Crippen molar-refractivity contribution < 1.29 is 9.18 Å². The number of nitrogens with zero attached hydrogens (tertiary/aromatic N) is 4. The van der Waals surface area contributed by atoms with Crippen LogP contribution in [0.3, 0.4) is 0 Å². The summed E-state index contributed by atoms with van der Waals surface area (Å²) in [4.78, 5) is 20.1. The summed E-state index contributed by atoms with van der Waals surface area (Å²) in [5.41, 5.74) is 4.23. The lowest BCUT2D eigenvalue weighted by Crippen LogP contribution is -2.45. The van der Waals surface area contributed by atoms with Gasteiger partial charge in [-0.2, -0.15) is 0 Å². The second-order valence-electron chi connectivity index (χ2n) is 10.9. The number of hydrogen-bond acceptors (Lipinski definition) is 3. The summed E-state index contributed by atoms with van der Waals surface area (Å²) < 4.78 is 16.7. The van der Waals surface area contributed by atoms with Gasteiger partial charge in [0.1, 0.15) is 12.4 Å². The summed E-state index contributed by atoms with van der Waals surface area (Å²) in [6, 6.07) is 13.7.